The van der Waals surface area contributed by atoms with E-state index in [4.69, 9.17) is 4.74 Å². The Bertz CT molecular complexity index is 646. The van der Waals surface area contributed by atoms with Gasteiger partial charge in [-0.3, -0.25) is 14.4 Å². The minimum atomic E-state index is -0.448. The van der Waals surface area contributed by atoms with Gasteiger partial charge < -0.3 is 15.0 Å². The van der Waals surface area contributed by atoms with Crippen molar-refractivity contribution >= 4 is 29.1 Å². The molecule has 0 aliphatic heterocycles. The van der Waals surface area contributed by atoms with Crippen LogP contribution in [0.4, 0.5) is 0 Å². The third kappa shape index (κ3) is 6.56. The largest absolute Gasteiger partial charge is 0.456 e. The molecule has 29 heavy (non-hydrogen) atoms. The molecular weight excluding hydrogens is 388 g/mol. The molecule has 1 heterocycles. The standard InChI is InChI=1S/C22H32N2O4S/c25-20(15-28-21(26)11-13-23-22(27)17-12-14-29-16-17)24(18-7-3-1-4-8-18)19-9-5-2-6-10-19/h12,14,16,18-19H,1-11,13,15H2,(H,23,27). The van der Waals surface area contributed by atoms with Crippen molar-refractivity contribution in [1.29, 1.82) is 0 Å². The summed E-state index contributed by atoms with van der Waals surface area (Å²) in [6.07, 6.45) is 11.5. The van der Waals surface area contributed by atoms with Gasteiger partial charge in [-0.1, -0.05) is 38.5 Å². The molecule has 2 aliphatic carbocycles. The predicted molar refractivity (Wildman–Crippen MR) is 113 cm³/mol. The summed E-state index contributed by atoms with van der Waals surface area (Å²) in [5.41, 5.74) is 0.592. The number of ether oxygens (including phenoxy) is 1. The van der Waals surface area contributed by atoms with Gasteiger partial charge in [-0.25, -0.2) is 0 Å². The van der Waals surface area contributed by atoms with E-state index in [1.54, 1.807) is 11.4 Å². The van der Waals surface area contributed by atoms with Crippen molar-refractivity contribution in [2.45, 2.75) is 82.7 Å². The van der Waals surface area contributed by atoms with Crippen LogP contribution in [0.3, 0.4) is 0 Å². The summed E-state index contributed by atoms with van der Waals surface area (Å²) in [5, 5.41) is 6.30. The van der Waals surface area contributed by atoms with Gasteiger partial charge >= 0.3 is 5.97 Å². The first-order chi connectivity index (χ1) is 14.1. The molecule has 7 heteroatoms. The number of hydrogen-bond acceptors (Lipinski definition) is 5. The number of carbonyl (C=O) groups is 3. The second kappa shape index (κ2) is 11.3. The van der Waals surface area contributed by atoms with E-state index >= 15 is 0 Å². The van der Waals surface area contributed by atoms with Gasteiger partial charge in [-0.2, -0.15) is 11.3 Å². The zero-order chi connectivity index (χ0) is 20.5. The third-order valence-corrected chi connectivity index (χ3v) is 6.66. The molecule has 1 aromatic rings. The lowest BCUT2D eigenvalue weighted by Gasteiger charge is -2.41. The summed E-state index contributed by atoms with van der Waals surface area (Å²) in [7, 11) is 0. The fourth-order valence-electron chi connectivity index (χ4n) is 4.49. The molecule has 2 amide bonds. The van der Waals surface area contributed by atoms with Gasteiger partial charge in [0, 0.05) is 29.6 Å². The van der Waals surface area contributed by atoms with Crippen LogP contribution in [-0.2, 0) is 14.3 Å². The smallest absolute Gasteiger partial charge is 0.308 e. The fraction of sp³-hybridized carbons (Fsp3) is 0.682. The van der Waals surface area contributed by atoms with Gasteiger partial charge in [-0.15, -0.1) is 0 Å². The summed E-state index contributed by atoms with van der Waals surface area (Å²) in [6.45, 7) is 0.0149. The van der Waals surface area contributed by atoms with Crippen molar-refractivity contribution < 1.29 is 19.1 Å². The zero-order valence-electron chi connectivity index (χ0n) is 17.1. The Labute approximate surface area is 177 Å². The highest BCUT2D eigenvalue weighted by atomic mass is 32.1. The number of nitrogens with zero attached hydrogens (tertiary/aromatic N) is 1. The van der Waals surface area contributed by atoms with E-state index in [1.165, 1.54) is 49.9 Å². The number of rotatable bonds is 8. The van der Waals surface area contributed by atoms with Crippen LogP contribution in [0.25, 0.3) is 0 Å². The van der Waals surface area contributed by atoms with Crippen LogP contribution in [0.1, 0.15) is 81.0 Å². The molecule has 160 valence electrons. The van der Waals surface area contributed by atoms with Crippen molar-refractivity contribution in [2.75, 3.05) is 13.2 Å². The van der Waals surface area contributed by atoms with Crippen molar-refractivity contribution in [3.8, 4) is 0 Å². The van der Waals surface area contributed by atoms with Crippen LogP contribution in [-0.4, -0.2) is 47.9 Å². The maximum absolute atomic E-state index is 13.0. The van der Waals surface area contributed by atoms with Crippen LogP contribution >= 0.6 is 11.3 Å². The van der Waals surface area contributed by atoms with E-state index in [0.717, 1.165) is 25.7 Å². The molecular formula is C22H32N2O4S. The Morgan fingerprint density at radius 2 is 1.62 bits per heavy atom. The van der Waals surface area contributed by atoms with E-state index in [9.17, 15) is 14.4 Å². The van der Waals surface area contributed by atoms with Crippen LogP contribution in [0.2, 0.25) is 0 Å². The SMILES string of the molecule is O=C(CCNC(=O)c1ccsc1)OCC(=O)N(C1CCCCC1)C1CCCCC1. The number of esters is 1. The van der Waals surface area contributed by atoms with E-state index in [1.807, 2.05) is 5.38 Å². The summed E-state index contributed by atoms with van der Waals surface area (Å²) in [4.78, 5) is 38.9. The fourth-order valence-corrected chi connectivity index (χ4v) is 5.12. The van der Waals surface area contributed by atoms with Crippen molar-refractivity contribution in [3.05, 3.63) is 22.4 Å². The molecule has 0 aromatic carbocycles. The van der Waals surface area contributed by atoms with Crippen molar-refractivity contribution in [3.63, 3.8) is 0 Å². The van der Waals surface area contributed by atoms with Crippen LogP contribution in [0.5, 0.6) is 0 Å². The summed E-state index contributed by atoms with van der Waals surface area (Å²) >= 11 is 1.45. The van der Waals surface area contributed by atoms with Gasteiger partial charge in [-0.05, 0) is 37.1 Å². The van der Waals surface area contributed by atoms with E-state index in [-0.39, 0.29) is 31.4 Å². The summed E-state index contributed by atoms with van der Waals surface area (Å²) in [6, 6.07) is 2.33. The van der Waals surface area contributed by atoms with Crippen LogP contribution < -0.4 is 5.32 Å². The van der Waals surface area contributed by atoms with Gasteiger partial charge in [0.1, 0.15) is 0 Å². The predicted octanol–water partition coefficient (Wildman–Crippen LogP) is 3.91. The molecule has 0 spiro atoms. The van der Waals surface area contributed by atoms with E-state index in [2.05, 4.69) is 10.2 Å². The highest BCUT2D eigenvalue weighted by molar-refractivity contribution is 7.08. The number of hydrogen-bond donors (Lipinski definition) is 1. The number of nitrogens with one attached hydrogen (secondary N) is 1. The number of carbonyl (C=O) groups excluding carboxylic acids is 3. The Kier molecular flexibility index (Phi) is 8.52. The maximum Gasteiger partial charge on any atom is 0.308 e. The normalized spacial score (nSPS) is 18.2. The Hall–Kier alpha value is -1.89. The topological polar surface area (TPSA) is 75.7 Å². The first-order valence-electron chi connectivity index (χ1n) is 10.9. The Morgan fingerprint density at radius 1 is 1.00 bits per heavy atom. The van der Waals surface area contributed by atoms with E-state index in [0.29, 0.717) is 17.6 Å². The Morgan fingerprint density at radius 3 is 2.17 bits per heavy atom. The second-order valence-electron chi connectivity index (χ2n) is 8.06. The molecule has 6 nitrogen and oxygen atoms in total. The van der Waals surface area contributed by atoms with Gasteiger partial charge in [0.25, 0.3) is 11.8 Å². The quantitative estimate of drug-likeness (QED) is 0.647. The second-order valence-corrected chi connectivity index (χ2v) is 8.84. The maximum atomic E-state index is 13.0. The molecule has 0 atom stereocenters. The molecule has 0 radical (unpaired) electrons. The lowest BCUT2D eigenvalue weighted by molar-refractivity contribution is -0.155. The average Bonchev–Trinajstić information content (AvgIpc) is 3.29. The average molecular weight is 421 g/mol. The first kappa shape index (κ1) is 21.8. The molecule has 1 N–H and O–H groups in total. The minimum Gasteiger partial charge on any atom is -0.456 e. The van der Waals surface area contributed by atoms with Crippen LogP contribution in [0, 0.1) is 0 Å². The minimum absolute atomic E-state index is 0.0561. The number of thiophene rings is 1. The molecule has 0 unspecified atom stereocenters. The molecule has 3 rings (SSSR count). The molecule has 2 fully saturated rings. The third-order valence-electron chi connectivity index (χ3n) is 5.98. The molecule has 2 saturated carbocycles. The molecule has 2 aliphatic rings. The zero-order valence-corrected chi connectivity index (χ0v) is 17.9. The highest BCUT2D eigenvalue weighted by Crippen LogP contribution is 2.30. The van der Waals surface area contributed by atoms with Gasteiger partial charge in [0.05, 0.1) is 6.42 Å². The molecule has 1 aromatic heterocycles. The number of amides is 2. The first-order valence-corrected chi connectivity index (χ1v) is 11.9. The monoisotopic (exact) mass is 420 g/mol. The highest BCUT2D eigenvalue weighted by Gasteiger charge is 2.32. The van der Waals surface area contributed by atoms with Crippen LogP contribution in [0.15, 0.2) is 16.8 Å². The lowest BCUT2D eigenvalue weighted by Crippen LogP contribution is -2.50. The summed E-state index contributed by atoms with van der Waals surface area (Å²) < 4.78 is 5.26. The van der Waals surface area contributed by atoms with Gasteiger partial charge in [0.15, 0.2) is 6.61 Å². The van der Waals surface area contributed by atoms with E-state index < -0.39 is 5.97 Å². The lowest BCUT2D eigenvalue weighted by atomic mass is 9.88. The van der Waals surface area contributed by atoms with Crippen molar-refractivity contribution in [1.82, 2.24) is 10.2 Å². The summed E-state index contributed by atoms with van der Waals surface area (Å²) in [5.74, 6) is -0.702. The molecule has 0 bridgehead atoms. The Balaban J connectivity index is 1.44. The van der Waals surface area contributed by atoms with Gasteiger partial charge in [0.2, 0.25) is 0 Å². The van der Waals surface area contributed by atoms with Crippen molar-refractivity contribution in [2.24, 2.45) is 0 Å². The molecule has 0 saturated heterocycles.